The highest BCUT2D eigenvalue weighted by Gasteiger charge is 2.36. The first-order chi connectivity index (χ1) is 12.6. The lowest BCUT2D eigenvalue weighted by Crippen LogP contribution is -2.26. The Balaban J connectivity index is 1.74. The van der Waals surface area contributed by atoms with Crippen molar-refractivity contribution in [1.82, 2.24) is 0 Å². The second-order valence-electron chi connectivity index (χ2n) is 7.36. The zero-order valence-corrected chi connectivity index (χ0v) is 15.0. The minimum Gasteiger partial charge on any atom is -0.454 e. The molecule has 4 heteroatoms. The lowest BCUT2D eigenvalue weighted by atomic mass is 9.75. The lowest BCUT2D eigenvalue weighted by Gasteiger charge is -2.34. The molecule has 0 spiro atoms. The molecule has 2 aromatic rings. The SMILES string of the molecule is Cc1ccc(C2C3=C(CCCC3=O)Nc3cc4c(cc32)OCO4)cc1C. The Hall–Kier alpha value is -2.75. The molecular weight excluding hydrogens is 326 g/mol. The number of fused-ring (bicyclic) bond motifs is 2. The van der Waals surface area contributed by atoms with Crippen LogP contribution in [-0.4, -0.2) is 12.6 Å². The van der Waals surface area contributed by atoms with Gasteiger partial charge in [-0.3, -0.25) is 4.79 Å². The van der Waals surface area contributed by atoms with Crippen LogP contribution in [-0.2, 0) is 4.79 Å². The highest BCUT2D eigenvalue weighted by Crippen LogP contribution is 2.49. The average molecular weight is 347 g/mol. The van der Waals surface area contributed by atoms with Crippen LogP contribution in [0.3, 0.4) is 0 Å². The van der Waals surface area contributed by atoms with E-state index >= 15 is 0 Å². The molecule has 1 atom stereocenters. The molecule has 0 aromatic heterocycles. The third-order valence-electron chi connectivity index (χ3n) is 5.75. The van der Waals surface area contributed by atoms with Crippen LogP contribution in [0.1, 0.15) is 47.4 Å². The maximum Gasteiger partial charge on any atom is 0.231 e. The Morgan fingerprint density at radius 3 is 2.62 bits per heavy atom. The summed E-state index contributed by atoms with van der Waals surface area (Å²) < 4.78 is 11.2. The molecule has 2 aliphatic heterocycles. The van der Waals surface area contributed by atoms with Crippen molar-refractivity contribution in [2.24, 2.45) is 0 Å². The quantitative estimate of drug-likeness (QED) is 0.819. The summed E-state index contributed by atoms with van der Waals surface area (Å²) >= 11 is 0. The van der Waals surface area contributed by atoms with Gasteiger partial charge in [0.2, 0.25) is 6.79 Å². The van der Waals surface area contributed by atoms with E-state index in [2.05, 4.69) is 37.4 Å². The van der Waals surface area contributed by atoms with Gasteiger partial charge >= 0.3 is 0 Å². The minimum absolute atomic E-state index is 0.0529. The summed E-state index contributed by atoms with van der Waals surface area (Å²) in [6.07, 6.45) is 2.45. The third kappa shape index (κ3) is 2.25. The molecule has 1 N–H and O–H groups in total. The van der Waals surface area contributed by atoms with Crippen LogP contribution in [0.5, 0.6) is 11.5 Å². The standard InChI is InChI=1S/C22H21NO3/c1-12-6-7-14(8-13(12)2)21-15-9-19-20(26-11-25-19)10-17(15)23-16-4-3-5-18(24)22(16)21/h6-10,21,23H,3-5,11H2,1-2H3. The Labute approximate surface area is 152 Å². The Kier molecular flexibility index (Phi) is 3.36. The molecule has 0 saturated heterocycles. The fraction of sp³-hybridized carbons (Fsp3) is 0.318. The molecule has 1 unspecified atom stereocenters. The fourth-order valence-corrected chi connectivity index (χ4v) is 4.24. The Bertz CT molecular complexity index is 974. The van der Waals surface area contributed by atoms with Gasteiger partial charge in [-0.05, 0) is 55.0 Å². The van der Waals surface area contributed by atoms with Gasteiger partial charge in [0.1, 0.15) is 0 Å². The largest absolute Gasteiger partial charge is 0.454 e. The number of hydrogen-bond donors (Lipinski definition) is 1. The van der Waals surface area contributed by atoms with Crippen molar-refractivity contribution >= 4 is 11.5 Å². The van der Waals surface area contributed by atoms with E-state index in [1.807, 2.05) is 12.1 Å². The number of ketones is 1. The molecule has 4 nitrogen and oxygen atoms in total. The van der Waals surface area contributed by atoms with Crippen LogP contribution in [0.4, 0.5) is 5.69 Å². The van der Waals surface area contributed by atoms with Crippen LogP contribution in [0.15, 0.2) is 41.6 Å². The van der Waals surface area contributed by atoms with E-state index in [-0.39, 0.29) is 18.5 Å². The van der Waals surface area contributed by atoms with E-state index in [1.165, 1.54) is 11.1 Å². The van der Waals surface area contributed by atoms with Crippen LogP contribution in [0.2, 0.25) is 0 Å². The zero-order valence-electron chi connectivity index (χ0n) is 15.0. The predicted molar refractivity (Wildman–Crippen MR) is 99.8 cm³/mol. The third-order valence-corrected chi connectivity index (χ3v) is 5.75. The molecule has 3 aliphatic rings. The molecular formula is C22H21NO3. The van der Waals surface area contributed by atoms with Crippen molar-refractivity contribution in [1.29, 1.82) is 0 Å². The number of anilines is 1. The van der Waals surface area contributed by atoms with E-state index in [0.29, 0.717) is 6.42 Å². The van der Waals surface area contributed by atoms with Gasteiger partial charge < -0.3 is 14.8 Å². The first kappa shape index (κ1) is 15.5. The molecule has 1 aliphatic carbocycles. The maximum atomic E-state index is 12.9. The van der Waals surface area contributed by atoms with Gasteiger partial charge in [-0.1, -0.05) is 18.2 Å². The Morgan fingerprint density at radius 2 is 1.81 bits per heavy atom. The molecule has 0 fully saturated rings. The van der Waals surface area contributed by atoms with Gasteiger partial charge in [0.15, 0.2) is 17.3 Å². The number of benzene rings is 2. The normalized spacial score (nSPS) is 20.5. The molecule has 26 heavy (non-hydrogen) atoms. The number of nitrogens with one attached hydrogen (secondary N) is 1. The van der Waals surface area contributed by atoms with Crippen LogP contribution in [0.25, 0.3) is 0 Å². The molecule has 0 amide bonds. The maximum absolute atomic E-state index is 12.9. The highest BCUT2D eigenvalue weighted by molar-refractivity contribution is 6.01. The molecule has 0 bridgehead atoms. The number of ether oxygens (including phenoxy) is 2. The van der Waals surface area contributed by atoms with E-state index in [0.717, 1.165) is 52.4 Å². The number of hydrogen-bond acceptors (Lipinski definition) is 4. The fourth-order valence-electron chi connectivity index (χ4n) is 4.24. The van der Waals surface area contributed by atoms with Crippen LogP contribution >= 0.6 is 0 Å². The predicted octanol–water partition coefficient (Wildman–Crippen LogP) is 4.60. The highest BCUT2D eigenvalue weighted by atomic mass is 16.7. The Morgan fingerprint density at radius 1 is 1.00 bits per heavy atom. The van der Waals surface area contributed by atoms with Crippen LogP contribution < -0.4 is 14.8 Å². The van der Waals surface area contributed by atoms with E-state index < -0.39 is 0 Å². The average Bonchev–Trinajstić information content (AvgIpc) is 3.08. The first-order valence-electron chi connectivity index (χ1n) is 9.16. The van der Waals surface area contributed by atoms with Crippen molar-refractivity contribution in [2.75, 3.05) is 12.1 Å². The van der Waals surface area contributed by atoms with Gasteiger partial charge in [0.25, 0.3) is 0 Å². The number of aryl methyl sites for hydroxylation is 2. The number of Topliss-reactive ketones (excluding diaryl/α,β-unsaturated/α-hetero) is 1. The second-order valence-corrected chi connectivity index (χ2v) is 7.36. The first-order valence-corrected chi connectivity index (χ1v) is 9.16. The van der Waals surface area contributed by atoms with Crippen molar-refractivity contribution in [3.05, 3.63) is 63.9 Å². The summed E-state index contributed by atoms with van der Waals surface area (Å²) in [4.78, 5) is 12.9. The molecule has 132 valence electrons. The van der Waals surface area contributed by atoms with E-state index in [4.69, 9.17) is 9.47 Å². The smallest absolute Gasteiger partial charge is 0.231 e. The van der Waals surface area contributed by atoms with Crippen molar-refractivity contribution < 1.29 is 14.3 Å². The lowest BCUT2D eigenvalue weighted by molar-refractivity contribution is -0.116. The zero-order chi connectivity index (χ0) is 17.8. The van der Waals surface area contributed by atoms with Gasteiger partial charge in [-0.25, -0.2) is 0 Å². The summed E-state index contributed by atoms with van der Waals surface area (Å²) in [6, 6.07) is 10.6. The molecule has 2 heterocycles. The number of rotatable bonds is 1. The monoisotopic (exact) mass is 347 g/mol. The molecule has 2 aromatic carbocycles. The number of carbonyl (C=O) groups is 1. The van der Waals surface area contributed by atoms with E-state index in [1.54, 1.807) is 0 Å². The summed E-state index contributed by atoms with van der Waals surface area (Å²) in [6.45, 7) is 4.49. The molecule has 0 saturated carbocycles. The van der Waals surface area contributed by atoms with Gasteiger partial charge in [-0.15, -0.1) is 0 Å². The number of carbonyl (C=O) groups excluding carboxylic acids is 1. The van der Waals surface area contributed by atoms with Crippen molar-refractivity contribution in [3.63, 3.8) is 0 Å². The topological polar surface area (TPSA) is 47.6 Å². The summed E-state index contributed by atoms with van der Waals surface area (Å²) in [5, 5.41) is 3.51. The minimum atomic E-state index is -0.0529. The van der Waals surface area contributed by atoms with Gasteiger partial charge in [0.05, 0.1) is 0 Å². The molecule has 5 rings (SSSR count). The van der Waals surface area contributed by atoms with Crippen molar-refractivity contribution in [3.8, 4) is 11.5 Å². The van der Waals surface area contributed by atoms with Crippen molar-refractivity contribution in [2.45, 2.75) is 39.0 Å². The van der Waals surface area contributed by atoms with E-state index in [9.17, 15) is 4.79 Å². The van der Waals surface area contributed by atoms with Crippen LogP contribution in [0, 0.1) is 13.8 Å². The summed E-state index contributed by atoms with van der Waals surface area (Å²) in [7, 11) is 0. The van der Waals surface area contributed by atoms with Gasteiger partial charge in [-0.2, -0.15) is 0 Å². The summed E-state index contributed by atoms with van der Waals surface area (Å²) in [5.41, 5.74) is 7.77. The molecule has 0 radical (unpaired) electrons. The second kappa shape index (κ2) is 5.63. The number of allylic oxidation sites excluding steroid dienone is 2. The van der Waals surface area contributed by atoms with Gasteiger partial charge in [0, 0.05) is 35.4 Å². The summed E-state index contributed by atoms with van der Waals surface area (Å²) in [5.74, 6) is 1.72.